The molecule has 0 aliphatic rings. The molecule has 0 unspecified atom stereocenters. The third-order valence-corrected chi connectivity index (χ3v) is 4.40. The average Bonchev–Trinajstić information content (AvgIpc) is 2.91. The first kappa shape index (κ1) is 15.1. The van der Waals surface area contributed by atoms with Crippen molar-refractivity contribution < 1.29 is 18.3 Å². The Hall–Kier alpha value is -2.26. The molecule has 2 rings (SSSR count). The van der Waals surface area contributed by atoms with E-state index >= 15 is 0 Å². The predicted molar refractivity (Wildman–Crippen MR) is 73.0 cm³/mol. The van der Waals surface area contributed by atoms with Crippen molar-refractivity contribution in [3.8, 4) is 0 Å². The number of sulfonamides is 1. The van der Waals surface area contributed by atoms with Gasteiger partial charge >= 0.3 is 5.97 Å². The minimum atomic E-state index is -3.93. The van der Waals surface area contributed by atoms with Crippen LogP contribution in [0.1, 0.15) is 12.5 Å². The summed E-state index contributed by atoms with van der Waals surface area (Å²) in [5.74, 6) is -1.24. The molecule has 0 amide bonds. The number of rotatable bonds is 6. The molecule has 0 aliphatic heterocycles. The lowest BCUT2D eigenvalue weighted by Crippen LogP contribution is -2.38. The van der Waals surface area contributed by atoms with Crippen molar-refractivity contribution in [2.75, 3.05) is 0 Å². The zero-order chi connectivity index (χ0) is 15.5. The molecule has 0 bridgehead atoms. The van der Waals surface area contributed by atoms with Crippen LogP contribution in [-0.4, -0.2) is 40.3 Å². The summed E-state index contributed by atoms with van der Waals surface area (Å²) in [6.45, 7) is 1.48. The molecule has 2 aromatic rings. The van der Waals surface area contributed by atoms with Gasteiger partial charge in [-0.15, -0.1) is 0 Å². The Labute approximate surface area is 121 Å². The van der Waals surface area contributed by atoms with Gasteiger partial charge in [-0.05, 0) is 18.6 Å². The van der Waals surface area contributed by atoms with Crippen LogP contribution in [0.3, 0.4) is 0 Å². The number of aromatic nitrogens is 3. The standard InChI is InChI=1S/C12H14N4O4S/c1-9(12(17)18)15-21(19,20)11-5-3-2-4-10(11)6-16-8-13-7-14-16/h2-5,7-9,15H,6H2,1H3,(H,17,18)/t9-/m1/s1. The molecule has 112 valence electrons. The number of nitrogens with zero attached hydrogens (tertiary/aromatic N) is 3. The first-order valence-corrected chi connectivity index (χ1v) is 7.54. The summed E-state index contributed by atoms with van der Waals surface area (Å²) in [5.41, 5.74) is 0.494. The Balaban J connectivity index is 2.33. The molecule has 8 nitrogen and oxygen atoms in total. The van der Waals surface area contributed by atoms with Crippen molar-refractivity contribution in [3.63, 3.8) is 0 Å². The quantitative estimate of drug-likeness (QED) is 0.781. The Bertz CT molecular complexity index is 727. The van der Waals surface area contributed by atoms with E-state index in [1.165, 1.54) is 30.3 Å². The van der Waals surface area contributed by atoms with Crippen molar-refractivity contribution in [2.45, 2.75) is 24.4 Å². The fourth-order valence-electron chi connectivity index (χ4n) is 1.73. The summed E-state index contributed by atoms with van der Waals surface area (Å²) in [7, 11) is -3.93. The number of nitrogens with one attached hydrogen (secondary N) is 1. The van der Waals surface area contributed by atoms with Crippen LogP contribution in [0.5, 0.6) is 0 Å². The molecule has 0 fully saturated rings. The van der Waals surface area contributed by atoms with Crippen LogP contribution in [0, 0.1) is 0 Å². The molecule has 1 aromatic heterocycles. The van der Waals surface area contributed by atoms with E-state index in [-0.39, 0.29) is 11.4 Å². The number of carboxylic acids is 1. The number of aliphatic carboxylic acids is 1. The number of benzene rings is 1. The van der Waals surface area contributed by atoms with Crippen LogP contribution in [-0.2, 0) is 21.4 Å². The second-order valence-corrected chi connectivity index (χ2v) is 6.06. The largest absolute Gasteiger partial charge is 0.480 e. The smallest absolute Gasteiger partial charge is 0.321 e. The lowest BCUT2D eigenvalue weighted by molar-refractivity contribution is -0.138. The van der Waals surface area contributed by atoms with Gasteiger partial charge in [0.25, 0.3) is 0 Å². The van der Waals surface area contributed by atoms with Gasteiger partial charge in [0.15, 0.2) is 0 Å². The second-order valence-electron chi connectivity index (χ2n) is 4.38. The van der Waals surface area contributed by atoms with Gasteiger partial charge < -0.3 is 5.11 Å². The van der Waals surface area contributed by atoms with Crippen LogP contribution >= 0.6 is 0 Å². The van der Waals surface area contributed by atoms with E-state index in [1.807, 2.05) is 0 Å². The maximum Gasteiger partial charge on any atom is 0.321 e. The number of carbonyl (C=O) groups is 1. The van der Waals surface area contributed by atoms with E-state index in [1.54, 1.807) is 18.2 Å². The highest BCUT2D eigenvalue weighted by molar-refractivity contribution is 7.89. The maximum atomic E-state index is 12.3. The SMILES string of the molecule is C[C@@H](NS(=O)(=O)c1ccccc1Cn1cncn1)C(=O)O. The van der Waals surface area contributed by atoms with Crippen molar-refractivity contribution in [1.82, 2.24) is 19.5 Å². The molecule has 0 saturated heterocycles. The predicted octanol–water partition coefficient (Wildman–Crippen LogP) is 0.0778. The average molecular weight is 310 g/mol. The number of hydrogen-bond donors (Lipinski definition) is 2. The van der Waals surface area contributed by atoms with Gasteiger partial charge in [0.05, 0.1) is 11.4 Å². The van der Waals surface area contributed by atoms with Gasteiger partial charge in [-0.1, -0.05) is 18.2 Å². The minimum absolute atomic E-state index is 0.0219. The Morgan fingerprint density at radius 2 is 2.14 bits per heavy atom. The highest BCUT2D eigenvalue weighted by Crippen LogP contribution is 2.16. The van der Waals surface area contributed by atoms with E-state index in [2.05, 4.69) is 14.8 Å². The molecule has 9 heteroatoms. The van der Waals surface area contributed by atoms with Gasteiger partial charge in [0.2, 0.25) is 10.0 Å². The van der Waals surface area contributed by atoms with Gasteiger partial charge in [0, 0.05) is 0 Å². The third kappa shape index (κ3) is 3.64. The summed E-state index contributed by atoms with van der Waals surface area (Å²) >= 11 is 0. The highest BCUT2D eigenvalue weighted by atomic mass is 32.2. The van der Waals surface area contributed by atoms with Crippen LogP contribution in [0.4, 0.5) is 0 Å². The number of hydrogen-bond acceptors (Lipinski definition) is 5. The second kappa shape index (κ2) is 6.02. The van der Waals surface area contributed by atoms with E-state index in [4.69, 9.17) is 5.11 Å². The molecule has 1 heterocycles. The molecular weight excluding hydrogens is 296 g/mol. The van der Waals surface area contributed by atoms with Crippen molar-refractivity contribution >= 4 is 16.0 Å². The summed E-state index contributed by atoms with van der Waals surface area (Å²) in [6.07, 6.45) is 2.82. The van der Waals surface area contributed by atoms with E-state index in [9.17, 15) is 13.2 Å². The molecule has 0 radical (unpaired) electrons. The summed E-state index contributed by atoms with van der Waals surface area (Å²) < 4.78 is 28.2. The lowest BCUT2D eigenvalue weighted by Gasteiger charge is -2.13. The van der Waals surface area contributed by atoms with Crippen LogP contribution in [0.2, 0.25) is 0 Å². The summed E-state index contributed by atoms with van der Waals surface area (Å²) in [5, 5.41) is 12.7. The molecule has 21 heavy (non-hydrogen) atoms. The van der Waals surface area contributed by atoms with Crippen molar-refractivity contribution in [1.29, 1.82) is 0 Å². The summed E-state index contributed by atoms with van der Waals surface area (Å²) in [6, 6.07) is 5.12. The van der Waals surface area contributed by atoms with E-state index < -0.39 is 22.0 Å². The third-order valence-electron chi connectivity index (χ3n) is 2.76. The summed E-state index contributed by atoms with van der Waals surface area (Å²) in [4.78, 5) is 14.6. The zero-order valence-electron chi connectivity index (χ0n) is 11.2. The minimum Gasteiger partial charge on any atom is -0.480 e. The van der Waals surface area contributed by atoms with Crippen molar-refractivity contribution in [3.05, 3.63) is 42.5 Å². The van der Waals surface area contributed by atoms with Gasteiger partial charge in [0.1, 0.15) is 18.7 Å². The normalized spacial score (nSPS) is 13.0. The molecule has 0 saturated carbocycles. The van der Waals surface area contributed by atoms with Crippen LogP contribution in [0.15, 0.2) is 41.8 Å². The molecule has 0 spiro atoms. The molecule has 1 atom stereocenters. The highest BCUT2D eigenvalue weighted by Gasteiger charge is 2.23. The topological polar surface area (TPSA) is 114 Å². The lowest BCUT2D eigenvalue weighted by atomic mass is 10.2. The van der Waals surface area contributed by atoms with Crippen molar-refractivity contribution in [2.24, 2.45) is 0 Å². The van der Waals surface area contributed by atoms with Gasteiger partial charge in [-0.3, -0.25) is 4.79 Å². The number of carboxylic acid groups (broad SMARTS) is 1. The molecule has 2 N–H and O–H groups in total. The van der Waals surface area contributed by atoms with Crippen LogP contribution in [0.25, 0.3) is 0 Å². The maximum absolute atomic E-state index is 12.3. The Kier molecular flexibility index (Phi) is 4.34. The Morgan fingerprint density at radius 3 is 2.76 bits per heavy atom. The fraction of sp³-hybridized carbons (Fsp3) is 0.250. The molecule has 0 aliphatic carbocycles. The van der Waals surface area contributed by atoms with Crippen LogP contribution < -0.4 is 4.72 Å². The van der Waals surface area contributed by atoms with E-state index in [0.29, 0.717) is 5.56 Å². The first-order valence-electron chi connectivity index (χ1n) is 6.05. The van der Waals surface area contributed by atoms with Gasteiger partial charge in [-0.2, -0.15) is 9.82 Å². The monoisotopic (exact) mass is 310 g/mol. The van der Waals surface area contributed by atoms with E-state index in [0.717, 1.165) is 0 Å². The molecule has 1 aromatic carbocycles. The van der Waals surface area contributed by atoms with Gasteiger partial charge in [-0.25, -0.2) is 18.1 Å². The zero-order valence-corrected chi connectivity index (χ0v) is 12.0. The first-order chi connectivity index (χ1) is 9.90. The Morgan fingerprint density at radius 1 is 1.43 bits per heavy atom. The molecular formula is C12H14N4O4S. The fourth-order valence-corrected chi connectivity index (χ4v) is 3.16.